The van der Waals surface area contributed by atoms with Gasteiger partial charge in [0.2, 0.25) is 10.3 Å². The lowest BCUT2D eigenvalue weighted by Crippen LogP contribution is -2.48. The molecule has 2 fully saturated rings. The number of rotatable bonds is 4. The Morgan fingerprint density at radius 2 is 1.83 bits per heavy atom. The van der Waals surface area contributed by atoms with E-state index in [9.17, 15) is 13.2 Å². The number of imidazole rings is 1. The number of hydrogen-bond donors (Lipinski definition) is 1. The van der Waals surface area contributed by atoms with Crippen molar-refractivity contribution in [3.8, 4) is 11.3 Å². The largest absolute Gasteiger partial charge is 0.378 e. The van der Waals surface area contributed by atoms with Crippen molar-refractivity contribution in [1.82, 2.24) is 34.4 Å². The van der Waals surface area contributed by atoms with Gasteiger partial charge < -0.3 is 18.9 Å². The van der Waals surface area contributed by atoms with E-state index in [0.29, 0.717) is 69.6 Å². The molecule has 2 saturated heterocycles. The molecule has 0 saturated carbocycles. The third kappa shape index (κ3) is 4.21. The van der Waals surface area contributed by atoms with Crippen molar-refractivity contribution in [2.24, 2.45) is 0 Å². The Kier molecular flexibility index (Phi) is 5.87. The summed E-state index contributed by atoms with van der Waals surface area (Å²) in [5, 5.41) is 8.13. The van der Waals surface area contributed by atoms with Crippen LogP contribution in [0.1, 0.15) is 10.5 Å². The van der Waals surface area contributed by atoms with Crippen LogP contribution in [0.2, 0.25) is 0 Å². The highest BCUT2D eigenvalue weighted by molar-refractivity contribution is 7.71. The van der Waals surface area contributed by atoms with E-state index in [2.05, 4.69) is 15.1 Å². The molecule has 0 aliphatic carbocycles. The standard InChI is InChI=1S/C23H24N8O4S/c32-23(30-6-4-28(5-7-30)15-36(33)34)20-14-31-13-19(16-2-1-3-18-17(16)12-24-27-18)25-21(22(31)26-20)29-8-10-35-11-9-29/h1-3,12-15H,4-11H2,(H,24,27). The van der Waals surface area contributed by atoms with E-state index in [4.69, 9.17) is 14.7 Å². The maximum Gasteiger partial charge on any atom is 0.274 e. The zero-order valence-electron chi connectivity index (χ0n) is 19.4. The summed E-state index contributed by atoms with van der Waals surface area (Å²) in [5.74, 6) is 0.515. The summed E-state index contributed by atoms with van der Waals surface area (Å²) >= 11 is 0. The predicted molar refractivity (Wildman–Crippen MR) is 134 cm³/mol. The van der Waals surface area contributed by atoms with Gasteiger partial charge >= 0.3 is 0 Å². The van der Waals surface area contributed by atoms with Crippen molar-refractivity contribution >= 4 is 44.1 Å². The fourth-order valence-electron chi connectivity index (χ4n) is 4.71. The molecule has 1 amide bonds. The summed E-state index contributed by atoms with van der Waals surface area (Å²) in [7, 11) is -2.26. The third-order valence-electron chi connectivity index (χ3n) is 6.55. The van der Waals surface area contributed by atoms with Crippen molar-refractivity contribution < 1.29 is 17.9 Å². The number of aromatic nitrogens is 5. The fraction of sp³-hybridized carbons (Fsp3) is 0.348. The number of fused-ring (bicyclic) bond motifs is 2. The van der Waals surface area contributed by atoms with E-state index in [-0.39, 0.29) is 5.91 Å². The number of carbonyl (C=O) groups is 1. The minimum atomic E-state index is -2.26. The number of morpholine rings is 1. The number of benzene rings is 1. The van der Waals surface area contributed by atoms with Crippen LogP contribution in [-0.4, -0.2) is 107 Å². The van der Waals surface area contributed by atoms with Crippen LogP contribution < -0.4 is 4.90 Å². The molecule has 12 nitrogen and oxygen atoms in total. The highest BCUT2D eigenvalue weighted by Gasteiger charge is 2.26. The SMILES string of the molecule is O=C(c1cn2cc(-c3cccc4[nH]ncc34)nc(N3CCOCC3)c2n1)N1CCN(C=S(=O)=O)CC1. The lowest BCUT2D eigenvalue weighted by atomic mass is 10.1. The highest BCUT2D eigenvalue weighted by atomic mass is 32.2. The average molecular weight is 509 g/mol. The summed E-state index contributed by atoms with van der Waals surface area (Å²) in [6, 6.07) is 5.93. The molecule has 0 spiro atoms. The minimum absolute atomic E-state index is 0.187. The Labute approximate surface area is 207 Å². The van der Waals surface area contributed by atoms with Gasteiger partial charge in [-0.3, -0.25) is 14.8 Å². The number of nitrogens with zero attached hydrogens (tertiary/aromatic N) is 7. The Bertz CT molecular complexity index is 1570. The normalized spacial score (nSPS) is 17.1. The van der Waals surface area contributed by atoms with E-state index >= 15 is 0 Å². The van der Waals surface area contributed by atoms with Gasteiger partial charge in [0.25, 0.3) is 5.91 Å². The lowest BCUT2D eigenvalue weighted by Gasteiger charge is -2.31. The zero-order valence-corrected chi connectivity index (χ0v) is 20.2. The second-order valence-electron chi connectivity index (χ2n) is 8.74. The van der Waals surface area contributed by atoms with Crippen molar-refractivity contribution in [1.29, 1.82) is 0 Å². The van der Waals surface area contributed by atoms with E-state index in [1.54, 1.807) is 22.2 Å². The first-order chi connectivity index (χ1) is 17.6. The first-order valence-electron chi connectivity index (χ1n) is 11.7. The molecule has 0 unspecified atom stereocenters. The molecule has 5 heterocycles. The van der Waals surface area contributed by atoms with Crippen molar-refractivity contribution in [2.75, 3.05) is 57.4 Å². The topological polar surface area (TPSA) is 129 Å². The molecule has 4 aromatic rings. The second-order valence-corrected chi connectivity index (χ2v) is 9.47. The molecule has 6 rings (SSSR count). The average Bonchev–Trinajstić information content (AvgIpc) is 3.55. The Morgan fingerprint density at radius 3 is 2.61 bits per heavy atom. The molecule has 0 bridgehead atoms. The van der Waals surface area contributed by atoms with Gasteiger partial charge in [0, 0.05) is 62.6 Å². The van der Waals surface area contributed by atoms with Crippen LogP contribution >= 0.6 is 0 Å². The molecule has 36 heavy (non-hydrogen) atoms. The predicted octanol–water partition coefficient (Wildman–Crippen LogP) is 0.506. The van der Waals surface area contributed by atoms with Gasteiger partial charge in [-0.1, -0.05) is 12.1 Å². The van der Waals surface area contributed by atoms with Crippen LogP contribution in [0.4, 0.5) is 5.82 Å². The molecule has 2 aliphatic heterocycles. The first-order valence-corrected chi connectivity index (χ1v) is 12.8. The Morgan fingerprint density at radius 1 is 1.03 bits per heavy atom. The second kappa shape index (κ2) is 9.33. The summed E-state index contributed by atoms with van der Waals surface area (Å²) in [6.07, 6.45) is 5.42. The molecule has 3 aromatic heterocycles. The smallest absolute Gasteiger partial charge is 0.274 e. The van der Waals surface area contributed by atoms with Crippen LogP contribution in [0, 0.1) is 0 Å². The van der Waals surface area contributed by atoms with E-state index < -0.39 is 10.3 Å². The molecule has 1 N–H and O–H groups in total. The number of H-pyrrole nitrogens is 1. The zero-order chi connectivity index (χ0) is 24.6. The van der Waals surface area contributed by atoms with Crippen molar-refractivity contribution in [3.05, 3.63) is 42.5 Å². The van der Waals surface area contributed by atoms with Crippen LogP contribution in [-0.2, 0) is 15.0 Å². The van der Waals surface area contributed by atoms with Crippen LogP contribution in [0.15, 0.2) is 36.8 Å². The number of ether oxygens (including phenoxy) is 1. The Hall–Kier alpha value is -3.81. The van der Waals surface area contributed by atoms with Crippen LogP contribution in [0.25, 0.3) is 27.8 Å². The molecule has 0 radical (unpaired) electrons. The highest BCUT2D eigenvalue weighted by Crippen LogP contribution is 2.30. The Balaban J connectivity index is 1.39. The number of nitrogens with one attached hydrogen (secondary N) is 1. The molecule has 2 aliphatic rings. The molecule has 13 heteroatoms. The minimum Gasteiger partial charge on any atom is -0.378 e. The molecule has 0 atom stereocenters. The first kappa shape index (κ1) is 22.6. The van der Waals surface area contributed by atoms with Crippen molar-refractivity contribution in [3.63, 3.8) is 0 Å². The monoisotopic (exact) mass is 508 g/mol. The summed E-state index contributed by atoms with van der Waals surface area (Å²) in [6.45, 7) is 4.29. The number of carbonyl (C=O) groups excluding carboxylic acids is 1. The quantitative estimate of drug-likeness (QED) is 0.392. The van der Waals surface area contributed by atoms with Crippen LogP contribution in [0.3, 0.4) is 0 Å². The maximum atomic E-state index is 13.3. The molecular formula is C23H24N8O4S. The van der Waals surface area contributed by atoms with E-state index in [0.717, 1.165) is 27.7 Å². The summed E-state index contributed by atoms with van der Waals surface area (Å²) in [5.41, 5.74) is 4.70. The lowest BCUT2D eigenvalue weighted by molar-refractivity contribution is 0.0690. The van der Waals surface area contributed by atoms with Gasteiger partial charge in [-0.2, -0.15) is 13.5 Å². The van der Waals surface area contributed by atoms with Crippen molar-refractivity contribution in [2.45, 2.75) is 0 Å². The summed E-state index contributed by atoms with van der Waals surface area (Å²) < 4.78 is 29.3. The molecule has 1 aromatic carbocycles. The number of amides is 1. The number of anilines is 1. The van der Waals surface area contributed by atoms with E-state index in [1.165, 1.54) is 0 Å². The van der Waals surface area contributed by atoms with Gasteiger partial charge in [0.15, 0.2) is 11.5 Å². The molecular weight excluding hydrogens is 484 g/mol. The number of aromatic amines is 1. The summed E-state index contributed by atoms with van der Waals surface area (Å²) in [4.78, 5) is 28.6. The number of piperazine rings is 1. The third-order valence-corrected chi connectivity index (χ3v) is 7.02. The van der Waals surface area contributed by atoms with Crippen LogP contribution in [0.5, 0.6) is 0 Å². The van der Waals surface area contributed by atoms with E-state index in [1.807, 2.05) is 28.8 Å². The molecule has 186 valence electrons. The maximum absolute atomic E-state index is 13.3. The van der Waals surface area contributed by atoms with Gasteiger partial charge in [0.05, 0.1) is 30.6 Å². The van der Waals surface area contributed by atoms with Gasteiger partial charge in [-0.25, -0.2) is 9.97 Å². The van der Waals surface area contributed by atoms with Gasteiger partial charge in [-0.15, -0.1) is 0 Å². The number of hydrogen-bond acceptors (Lipinski definition) is 8. The van der Waals surface area contributed by atoms with Gasteiger partial charge in [0.1, 0.15) is 11.2 Å². The fourth-order valence-corrected chi connectivity index (χ4v) is 5.16. The van der Waals surface area contributed by atoms with Gasteiger partial charge in [-0.05, 0) is 6.07 Å².